The summed E-state index contributed by atoms with van der Waals surface area (Å²) in [6.07, 6.45) is 1.24. The molecule has 122 valence electrons. The van der Waals surface area contributed by atoms with E-state index in [1.165, 1.54) is 31.5 Å². The third-order valence-electron chi connectivity index (χ3n) is 3.03. The van der Waals surface area contributed by atoms with Crippen molar-refractivity contribution in [2.75, 3.05) is 31.4 Å². The summed E-state index contributed by atoms with van der Waals surface area (Å²) in [5, 5.41) is 2.87. The van der Waals surface area contributed by atoms with Crippen molar-refractivity contribution in [3.63, 3.8) is 0 Å². The van der Waals surface area contributed by atoms with Gasteiger partial charge in [0, 0.05) is 24.7 Å². The van der Waals surface area contributed by atoms with Crippen LogP contribution in [-0.2, 0) is 11.2 Å². The zero-order valence-corrected chi connectivity index (χ0v) is 13.7. The Bertz CT molecular complexity index is 704. The number of benzene rings is 1. The standard InChI is InChI=1S/C15H16ClFN4O2/c1-21(2)14-12(8-18-15(20-14)23-3)19-13(22)7-9-10(16)5-4-6-11(9)17/h4-6,8H,7H2,1-3H3,(H,19,22). The summed E-state index contributed by atoms with van der Waals surface area (Å²) in [5.74, 6) is -0.467. The van der Waals surface area contributed by atoms with Crippen molar-refractivity contribution in [3.05, 3.63) is 40.8 Å². The number of aromatic nitrogens is 2. The highest BCUT2D eigenvalue weighted by Crippen LogP contribution is 2.24. The first kappa shape index (κ1) is 17.0. The molecule has 1 aromatic heterocycles. The number of nitrogens with one attached hydrogen (secondary N) is 1. The molecule has 6 nitrogen and oxygen atoms in total. The van der Waals surface area contributed by atoms with Gasteiger partial charge in [-0.2, -0.15) is 4.98 Å². The van der Waals surface area contributed by atoms with Gasteiger partial charge in [-0.3, -0.25) is 4.79 Å². The minimum atomic E-state index is -0.522. The molecule has 0 unspecified atom stereocenters. The van der Waals surface area contributed by atoms with E-state index < -0.39 is 11.7 Å². The Morgan fingerprint density at radius 1 is 1.43 bits per heavy atom. The number of halogens is 2. The molecule has 0 spiro atoms. The minimum absolute atomic E-state index is 0.146. The van der Waals surface area contributed by atoms with Crippen LogP contribution in [0.1, 0.15) is 5.56 Å². The second-order valence-corrected chi connectivity index (χ2v) is 5.32. The first-order valence-electron chi connectivity index (χ1n) is 6.73. The van der Waals surface area contributed by atoms with Gasteiger partial charge in [0.05, 0.1) is 19.7 Å². The number of ether oxygens (including phenoxy) is 1. The smallest absolute Gasteiger partial charge is 0.318 e. The van der Waals surface area contributed by atoms with Crippen LogP contribution in [0.15, 0.2) is 24.4 Å². The number of carbonyl (C=O) groups is 1. The van der Waals surface area contributed by atoms with Crippen LogP contribution < -0.4 is 15.0 Å². The van der Waals surface area contributed by atoms with Gasteiger partial charge in [-0.15, -0.1) is 0 Å². The topological polar surface area (TPSA) is 67.3 Å². The number of amides is 1. The van der Waals surface area contributed by atoms with E-state index >= 15 is 0 Å². The van der Waals surface area contributed by atoms with Crippen molar-refractivity contribution >= 4 is 29.0 Å². The summed E-state index contributed by atoms with van der Waals surface area (Å²) < 4.78 is 18.7. The van der Waals surface area contributed by atoms with E-state index in [4.69, 9.17) is 16.3 Å². The van der Waals surface area contributed by atoms with E-state index in [1.54, 1.807) is 19.0 Å². The number of rotatable bonds is 5. The summed E-state index contributed by atoms with van der Waals surface area (Å²) in [4.78, 5) is 22.0. The summed E-state index contributed by atoms with van der Waals surface area (Å²) in [5.41, 5.74) is 0.542. The van der Waals surface area contributed by atoms with Gasteiger partial charge >= 0.3 is 6.01 Å². The van der Waals surface area contributed by atoms with Crippen LogP contribution in [0.2, 0.25) is 5.02 Å². The van der Waals surface area contributed by atoms with E-state index in [1.807, 2.05) is 0 Å². The lowest BCUT2D eigenvalue weighted by molar-refractivity contribution is -0.115. The SMILES string of the molecule is COc1ncc(NC(=O)Cc2c(F)cccc2Cl)c(N(C)C)n1. The van der Waals surface area contributed by atoms with Crippen LogP contribution in [0.5, 0.6) is 6.01 Å². The number of carbonyl (C=O) groups excluding carboxylic acids is 1. The highest BCUT2D eigenvalue weighted by molar-refractivity contribution is 6.31. The van der Waals surface area contributed by atoms with Gasteiger partial charge in [0.2, 0.25) is 5.91 Å². The maximum Gasteiger partial charge on any atom is 0.318 e. The first-order chi connectivity index (χ1) is 10.9. The summed E-state index contributed by atoms with van der Waals surface area (Å²) in [6, 6.07) is 4.47. The molecule has 0 aliphatic carbocycles. The van der Waals surface area contributed by atoms with Gasteiger partial charge in [-0.1, -0.05) is 17.7 Å². The molecule has 1 aromatic carbocycles. The lowest BCUT2D eigenvalue weighted by Gasteiger charge is -2.17. The van der Waals surface area contributed by atoms with Gasteiger partial charge in [0.1, 0.15) is 11.5 Å². The Balaban J connectivity index is 2.20. The third-order valence-corrected chi connectivity index (χ3v) is 3.38. The fourth-order valence-corrected chi connectivity index (χ4v) is 2.17. The summed E-state index contributed by atoms with van der Waals surface area (Å²) in [7, 11) is 4.99. The summed E-state index contributed by atoms with van der Waals surface area (Å²) in [6.45, 7) is 0. The Labute approximate surface area is 138 Å². The predicted molar refractivity (Wildman–Crippen MR) is 86.7 cm³/mol. The first-order valence-corrected chi connectivity index (χ1v) is 7.11. The molecule has 0 bridgehead atoms. The summed E-state index contributed by atoms with van der Waals surface area (Å²) >= 11 is 5.93. The molecular formula is C15H16ClFN4O2. The second kappa shape index (κ2) is 7.23. The molecule has 2 aromatic rings. The zero-order chi connectivity index (χ0) is 17.0. The fraction of sp³-hybridized carbons (Fsp3) is 0.267. The number of hydrogen-bond donors (Lipinski definition) is 1. The van der Waals surface area contributed by atoms with Gasteiger partial charge < -0.3 is 15.0 Å². The van der Waals surface area contributed by atoms with Gasteiger partial charge in [0.15, 0.2) is 5.82 Å². The zero-order valence-electron chi connectivity index (χ0n) is 12.9. The second-order valence-electron chi connectivity index (χ2n) is 4.91. The quantitative estimate of drug-likeness (QED) is 0.907. The van der Waals surface area contributed by atoms with Gasteiger partial charge in [-0.25, -0.2) is 9.37 Å². The van der Waals surface area contributed by atoms with Crippen LogP contribution in [-0.4, -0.2) is 37.1 Å². The molecule has 2 rings (SSSR count). The maximum atomic E-state index is 13.7. The molecule has 0 atom stereocenters. The van der Waals surface area contributed by atoms with E-state index in [9.17, 15) is 9.18 Å². The average Bonchev–Trinajstić information content (AvgIpc) is 2.51. The van der Waals surface area contributed by atoms with Crippen LogP contribution >= 0.6 is 11.6 Å². The van der Waals surface area contributed by atoms with Crippen molar-refractivity contribution in [2.45, 2.75) is 6.42 Å². The lowest BCUT2D eigenvalue weighted by atomic mass is 10.1. The molecule has 0 radical (unpaired) electrons. The van der Waals surface area contributed by atoms with Crippen LogP contribution in [0.4, 0.5) is 15.9 Å². The minimum Gasteiger partial charge on any atom is -0.467 e. The van der Waals surface area contributed by atoms with Crippen molar-refractivity contribution in [1.29, 1.82) is 0 Å². The monoisotopic (exact) mass is 338 g/mol. The normalized spacial score (nSPS) is 10.3. The molecule has 8 heteroatoms. The number of nitrogens with zero attached hydrogens (tertiary/aromatic N) is 3. The molecule has 0 aliphatic rings. The van der Waals surface area contributed by atoms with Gasteiger partial charge in [-0.05, 0) is 12.1 Å². The highest BCUT2D eigenvalue weighted by atomic mass is 35.5. The number of methoxy groups -OCH3 is 1. The van der Waals surface area contributed by atoms with E-state index in [0.717, 1.165) is 0 Å². The Hall–Kier alpha value is -2.41. The van der Waals surface area contributed by atoms with Crippen LogP contribution in [0.25, 0.3) is 0 Å². The van der Waals surface area contributed by atoms with Crippen molar-refractivity contribution in [1.82, 2.24) is 9.97 Å². The van der Waals surface area contributed by atoms with Crippen molar-refractivity contribution in [2.24, 2.45) is 0 Å². The predicted octanol–water partition coefficient (Wildman–Crippen LogP) is 2.52. The Morgan fingerprint density at radius 3 is 2.78 bits per heavy atom. The molecule has 1 N–H and O–H groups in total. The highest BCUT2D eigenvalue weighted by Gasteiger charge is 2.15. The van der Waals surface area contributed by atoms with Crippen molar-refractivity contribution < 1.29 is 13.9 Å². The number of hydrogen-bond acceptors (Lipinski definition) is 5. The third kappa shape index (κ3) is 4.07. The molecular weight excluding hydrogens is 323 g/mol. The largest absolute Gasteiger partial charge is 0.467 e. The molecule has 0 fully saturated rings. The molecule has 0 aliphatic heterocycles. The van der Waals surface area contributed by atoms with Gasteiger partial charge in [0.25, 0.3) is 0 Å². The van der Waals surface area contributed by atoms with Crippen LogP contribution in [0, 0.1) is 5.82 Å². The molecule has 0 saturated heterocycles. The average molecular weight is 339 g/mol. The Morgan fingerprint density at radius 2 is 2.17 bits per heavy atom. The van der Waals surface area contributed by atoms with E-state index in [-0.39, 0.29) is 23.0 Å². The van der Waals surface area contributed by atoms with E-state index in [0.29, 0.717) is 11.5 Å². The fourth-order valence-electron chi connectivity index (χ4n) is 1.94. The van der Waals surface area contributed by atoms with E-state index in [2.05, 4.69) is 15.3 Å². The lowest BCUT2D eigenvalue weighted by Crippen LogP contribution is -2.20. The molecule has 1 amide bonds. The Kier molecular flexibility index (Phi) is 5.33. The number of anilines is 2. The molecule has 23 heavy (non-hydrogen) atoms. The maximum absolute atomic E-state index is 13.7. The molecule has 0 saturated carbocycles. The molecule has 1 heterocycles. The van der Waals surface area contributed by atoms with Crippen molar-refractivity contribution in [3.8, 4) is 6.01 Å². The van der Waals surface area contributed by atoms with Crippen LogP contribution in [0.3, 0.4) is 0 Å².